The largest absolute Gasteiger partial charge is 0.508 e. The number of thioether (sulfide) groups is 1. The van der Waals surface area contributed by atoms with Gasteiger partial charge in [-0.1, -0.05) is 25.6 Å². The molecule has 8 nitrogen and oxygen atoms in total. The van der Waals surface area contributed by atoms with Gasteiger partial charge < -0.3 is 24.8 Å². The van der Waals surface area contributed by atoms with Gasteiger partial charge in [-0.25, -0.2) is 4.98 Å². The molecule has 1 amide bonds. The van der Waals surface area contributed by atoms with E-state index in [4.69, 9.17) is 4.74 Å². The van der Waals surface area contributed by atoms with Gasteiger partial charge in [-0.15, -0.1) is 11.8 Å². The second kappa shape index (κ2) is 11.9. The van der Waals surface area contributed by atoms with Crippen molar-refractivity contribution >= 4 is 29.3 Å². The number of carbonyl (C=O) groups excluding carboxylic acids is 1. The molecule has 0 bridgehead atoms. The molecular weight excluding hydrogens is 466 g/mol. The van der Waals surface area contributed by atoms with E-state index in [9.17, 15) is 19.8 Å². The first-order chi connectivity index (χ1) is 16.1. The second-order valence-electron chi connectivity index (χ2n) is 8.31. The fourth-order valence-electron chi connectivity index (χ4n) is 3.39. The van der Waals surface area contributed by atoms with Crippen LogP contribution in [0.4, 0.5) is 5.69 Å². The average Bonchev–Trinajstić information content (AvgIpc) is 3.10. The van der Waals surface area contributed by atoms with E-state index in [0.29, 0.717) is 36.1 Å². The summed E-state index contributed by atoms with van der Waals surface area (Å²) in [6, 6.07) is 13.8. The number of carboxylic acids is 1. The standard InChI is InChI=1S/C25H29N3O5S.CH4/c1-16-21(23(30)26-18-7-5-8-19(29)15-18)27-22(28(16)13-6-14-33-4)17-9-11-20(12-10-17)34-25(2,3)24(31)32;/h5,7-12,15,29H,6,13-14H2,1-4H3,(H,26,30)(H,31,32);1H4. The Kier molecular flexibility index (Phi) is 9.50. The Labute approximate surface area is 210 Å². The molecule has 1 heterocycles. The van der Waals surface area contributed by atoms with Crippen molar-refractivity contribution in [1.29, 1.82) is 0 Å². The maximum atomic E-state index is 13.0. The van der Waals surface area contributed by atoms with Gasteiger partial charge in [0, 0.05) is 48.2 Å². The van der Waals surface area contributed by atoms with E-state index < -0.39 is 10.7 Å². The number of amides is 1. The summed E-state index contributed by atoms with van der Waals surface area (Å²) in [5.74, 6) is -0.549. The number of imidazole rings is 1. The number of phenolic OH excluding ortho intramolecular Hbond substituents is 1. The normalized spacial score (nSPS) is 11.1. The van der Waals surface area contributed by atoms with E-state index in [2.05, 4.69) is 10.3 Å². The summed E-state index contributed by atoms with van der Waals surface area (Å²) in [7, 11) is 1.64. The van der Waals surface area contributed by atoms with Crippen LogP contribution in [0.2, 0.25) is 0 Å². The Hall–Kier alpha value is -3.30. The number of benzene rings is 2. The Morgan fingerprint density at radius 2 is 1.86 bits per heavy atom. The minimum Gasteiger partial charge on any atom is -0.508 e. The Morgan fingerprint density at radius 1 is 1.17 bits per heavy atom. The third-order valence-corrected chi connectivity index (χ3v) is 6.46. The zero-order valence-corrected chi connectivity index (χ0v) is 20.5. The summed E-state index contributed by atoms with van der Waals surface area (Å²) in [4.78, 5) is 29.9. The second-order valence-corrected chi connectivity index (χ2v) is 10.0. The third-order valence-electron chi connectivity index (χ3n) is 5.27. The van der Waals surface area contributed by atoms with Gasteiger partial charge in [-0.05, 0) is 51.5 Å². The van der Waals surface area contributed by atoms with E-state index in [1.807, 2.05) is 35.8 Å². The van der Waals surface area contributed by atoms with Crippen LogP contribution in [0, 0.1) is 6.92 Å². The number of carbonyl (C=O) groups is 2. The van der Waals surface area contributed by atoms with Gasteiger partial charge >= 0.3 is 5.97 Å². The van der Waals surface area contributed by atoms with Crippen LogP contribution in [0.25, 0.3) is 11.4 Å². The van der Waals surface area contributed by atoms with Gasteiger partial charge in [0.25, 0.3) is 5.91 Å². The molecule has 3 aromatic rings. The number of phenols is 1. The fourth-order valence-corrected chi connectivity index (χ4v) is 4.34. The fraction of sp³-hybridized carbons (Fsp3) is 0.346. The number of aromatic hydroxyl groups is 1. The van der Waals surface area contributed by atoms with Crippen molar-refractivity contribution in [3.05, 3.63) is 59.9 Å². The molecule has 0 radical (unpaired) electrons. The SMILES string of the molecule is C.COCCCn1c(-c2ccc(SC(C)(C)C(=O)O)cc2)nc(C(=O)Nc2cccc(O)c2)c1C. The van der Waals surface area contributed by atoms with Crippen LogP contribution < -0.4 is 5.32 Å². The molecular formula is C26H33N3O5S. The predicted molar refractivity (Wildman–Crippen MR) is 139 cm³/mol. The molecule has 0 fully saturated rings. The molecule has 9 heteroatoms. The summed E-state index contributed by atoms with van der Waals surface area (Å²) in [6.45, 7) is 6.36. The monoisotopic (exact) mass is 499 g/mol. The van der Waals surface area contributed by atoms with Gasteiger partial charge in [0.15, 0.2) is 0 Å². The molecule has 0 aliphatic heterocycles. The average molecular weight is 500 g/mol. The van der Waals surface area contributed by atoms with Crippen molar-refractivity contribution < 1.29 is 24.5 Å². The summed E-state index contributed by atoms with van der Waals surface area (Å²) in [5, 5.41) is 21.8. The van der Waals surface area contributed by atoms with Crippen LogP contribution >= 0.6 is 11.8 Å². The smallest absolute Gasteiger partial charge is 0.319 e. The summed E-state index contributed by atoms with van der Waals surface area (Å²) >= 11 is 1.27. The molecule has 2 aromatic carbocycles. The highest BCUT2D eigenvalue weighted by Gasteiger charge is 2.28. The topological polar surface area (TPSA) is 114 Å². The summed E-state index contributed by atoms with van der Waals surface area (Å²) in [6.07, 6.45) is 0.745. The number of rotatable bonds is 10. The number of aromatic nitrogens is 2. The zero-order chi connectivity index (χ0) is 24.9. The lowest BCUT2D eigenvalue weighted by molar-refractivity contribution is -0.138. The van der Waals surface area contributed by atoms with E-state index in [-0.39, 0.29) is 19.1 Å². The van der Waals surface area contributed by atoms with Crippen LogP contribution in [0.3, 0.4) is 0 Å². The molecule has 0 aliphatic carbocycles. The molecule has 0 saturated carbocycles. The number of methoxy groups -OCH3 is 1. The van der Waals surface area contributed by atoms with Crippen molar-refractivity contribution in [3.63, 3.8) is 0 Å². The highest BCUT2D eigenvalue weighted by Crippen LogP contribution is 2.34. The molecule has 1 aromatic heterocycles. The number of aliphatic carboxylic acids is 1. The van der Waals surface area contributed by atoms with Crippen LogP contribution in [0.5, 0.6) is 5.75 Å². The molecule has 3 N–H and O–H groups in total. The van der Waals surface area contributed by atoms with Crippen LogP contribution in [-0.4, -0.2) is 50.1 Å². The highest BCUT2D eigenvalue weighted by atomic mass is 32.2. The van der Waals surface area contributed by atoms with Gasteiger partial charge in [0.2, 0.25) is 0 Å². The lowest BCUT2D eigenvalue weighted by atomic mass is 10.2. The van der Waals surface area contributed by atoms with Gasteiger partial charge in [-0.3, -0.25) is 9.59 Å². The maximum absolute atomic E-state index is 13.0. The molecule has 0 saturated heterocycles. The van der Waals surface area contributed by atoms with Crippen molar-refractivity contribution in [1.82, 2.24) is 9.55 Å². The highest BCUT2D eigenvalue weighted by molar-refractivity contribution is 8.01. The summed E-state index contributed by atoms with van der Waals surface area (Å²) < 4.78 is 6.22. The van der Waals surface area contributed by atoms with E-state index in [1.54, 1.807) is 33.1 Å². The number of nitrogens with zero attached hydrogens (tertiary/aromatic N) is 2. The zero-order valence-electron chi connectivity index (χ0n) is 19.7. The van der Waals surface area contributed by atoms with Crippen molar-refractivity contribution in [3.8, 4) is 17.1 Å². The molecule has 0 aliphatic rings. The van der Waals surface area contributed by atoms with Crippen molar-refractivity contribution in [2.24, 2.45) is 0 Å². The van der Waals surface area contributed by atoms with E-state index >= 15 is 0 Å². The first-order valence-electron chi connectivity index (χ1n) is 10.8. The molecule has 0 atom stereocenters. The molecule has 3 rings (SSSR count). The minimum absolute atomic E-state index is 0. The number of ether oxygens (including phenoxy) is 1. The van der Waals surface area contributed by atoms with E-state index in [1.165, 1.54) is 23.9 Å². The predicted octanol–water partition coefficient (Wildman–Crippen LogP) is 5.44. The third kappa shape index (κ3) is 6.86. The number of carboxylic acid groups (broad SMARTS) is 1. The lowest BCUT2D eigenvalue weighted by Crippen LogP contribution is -2.26. The van der Waals surface area contributed by atoms with Crippen LogP contribution in [0.15, 0.2) is 53.4 Å². The number of nitrogens with one attached hydrogen (secondary N) is 1. The van der Waals surface area contributed by atoms with Crippen LogP contribution in [-0.2, 0) is 16.1 Å². The van der Waals surface area contributed by atoms with Crippen LogP contribution in [0.1, 0.15) is 43.9 Å². The number of hydrogen-bond donors (Lipinski definition) is 3. The summed E-state index contributed by atoms with van der Waals surface area (Å²) in [5.41, 5.74) is 2.30. The van der Waals surface area contributed by atoms with Crippen molar-refractivity contribution in [2.75, 3.05) is 19.0 Å². The number of hydrogen-bond acceptors (Lipinski definition) is 6. The quantitative estimate of drug-likeness (QED) is 0.251. The van der Waals surface area contributed by atoms with Crippen molar-refractivity contribution in [2.45, 2.75) is 50.8 Å². The van der Waals surface area contributed by atoms with Gasteiger partial charge in [-0.2, -0.15) is 0 Å². The van der Waals surface area contributed by atoms with E-state index in [0.717, 1.165) is 16.9 Å². The maximum Gasteiger partial charge on any atom is 0.319 e. The van der Waals surface area contributed by atoms with Gasteiger partial charge in [0.1, 0.15) is 22.0 Å². The molecule has 188 valence electrons. The molecule has 35 heavy (non-hydrogen) atoms. The first kappa shape index (κ1) is 27.9. The Morgan fingerprint density at radius 3 is 2.46 bits per heavy atom. The lowest BCUT2D eigenvalue weighted by Gasteiger charge is -2.18. The van der Waals surface area contributed by atoms with Gasteiger partial charge in [0.05, 0.1) is 0 Å². The Bertz CT molecular complexity index is 1170. The molecule has 0 spiro atoms. The number of anilines is 1. The minimum atomic E-state index is -0.951. The first-order valence-corrected chi connectivity index (χ1v) is 11.6. The molecule has 0 unspecified atom stereocenters. The Balaban J connectivity index is 0.00000432.